The SMILES string of the molecule is C=C(C)C(=O)N[C@@H](C)C(=O)NC. The molecule has 0 unspecified atom stereocenters. The molecule has 0 saturated heterocycles. The smallest absolute Gasteiger partial charge is 0.246 e. The normalized spacial score (nSPS) is 11.6. The standard InChI is InChI=1S/C8H14N2O2/c1-5(2)7(11)10-6(3)8(12)9-4/h6H,1H2,2-4H3,(H,9,12)(H,10,11)/t6-/m0/s1. The summed E-state index contributed by atoms with van der Waals surface area (Å²) >= 11 is 0. The molecule has 12 heavy (non-hydrogen) atoms. The van der Waals surface area contributed by atoms with Crippen LogP contribution >= 0.6 is 0 Å². The van der Waals surface area contributed by atoms with E-state index in [1.54, 1.807) is 13.8 Å². The first-order valence-electron chi connectivity index (χ1n) is 3.67. The molecule has 0 fully saturated rings. The maximum atomic E-state index is 11.0. The Hall–Kier alpha value is -1.32. The van der Waals surface area contributed by atoms with Crippen molar-refractivity contribution in [1.29, 1.82) is 0 Å². The fraction of sp³-hybridized carbons (Fsp3) is 0.500. The summed E-state index contributed by atoms with van der Waals surface area (Å²) < 4.78 is 0. The Morgan fingerprint density at radius 2 is 1.92 bits per heavy atom. The summed E-state index contributed by atoms with van der Waals surface area (Å²) in [4.78, 5) is 21.9. The zero-order valence-corrected chi connectivity index (χ0v) is 7.60. The average Bonchev–Trinajstić information content (AvgIpc) is 2.02. The van der Waals surface area contributed by atoms with Gasteiger partial charge in [0, 0.05) is 12.6 Å². The van der Waals surface area contributed by atoms with Crippen LogP contribution in [0.25, 0.3) is 0 Å². The van der Waals surface area contributed by atoms with Gasteiger partial charge in [0.2, 0.25) is 11.8 Å². The molecule has 0 aliphatic rings. The van der Waals surface area contributed by atoms with E-state index in [2.05, 4.69) is 17.2 Å². The summed E-state index contributed by atoms with van der Waals surface area (Å²) in [6, 6.07) is -0.515. The molecule has 4 nitrogen and oxygen atoms in total. The van der Waals surface area contributed by atoms with Gasteiger partial charge in [-0.1, -0.05) is 6.58 Å². The summed E-state index contributed by atoms with van der Waals surface area (Å²) in [7, 11) is 1.52. The van der Waals surface area contributed by atoms with Gasteiger partial charge in [-0.2, -0.15) is 0 Å². The number of hydrogen-bond acceptors (Lipinski definition) is 2. The van der Waals surface area contributed by atoms with Crippen LogP contribution in [-0.2, 0) is 9.59 Å². The highest BCUT2D eigenvalue weighted by Gasteiger charge is 2.13. The predicted molar refractivity (Wildman–Crippen MR) is 46.5 cm³/mol. The Bertz CT molecular complexity index is 211. The number of amides is 2. The molecule has 68 valence electrons. The van der Waals surface area contributed by atoms with Gasteiger partial charge in [-0.25, -0.2) is 0 Å². The van der Waals surface area contributed by atoms with Crippen LogP contribution in [-0.4, -0.2) is 24.9 Å². The van der Waals surface area contributed by atoms with E-state index in [1.807, 2.05) is 0 Å². The van der Waals surface area contributed by atoms with Gasteiger partial charge in [-0.05, 0) is 13.8 Å². The maximum Gasteiger partial charge on any atom is 0.246 e. The molecule has 0 aliphatic carbocycles. The zero-order valence-electron chi connectivity index (χ0n) is 7.60. The lowest BCUT2D eigenvalue weighted by atomic mass is 10.2. The minimum Gasteiger partial charge on any atom is -0.357 e. The Morgan fingerprint density at radius 1 is 1.42 bits per heavy atom. The van der Waals surface area contributed by atoms with E-state index in [0.29, 0.717) is 5.57 Å². The lowest BCUT2D eigenvalue weighted by Crippen LogP contribution is -2.43. The Kier molecular flexibility index (Phi) is 4.04. The monoisotopic (exact) mass is 170 g/mol. The van der Waals surface area contributed by atoms with Crippen LogP contribution in [0, 0.1) is 0 Å². The number of carbonyl (C=O) groups excluding carboxylic acids is 2. The fourth-order valence-corrected chi connectivity index (χ4v) is 0.602. The van der Waals surface area contributed by atoms with Gasteiger partial charge < -0.3 is 10.6 Å². The van der Waals surface area contributed by atoms with Crippen LogP contribution in [0.15, 0.2) is 12.2 Å². The number of likely N-dealkylation sites (N-methyl/N-ethyl adjacent to an activating group) is 1. The van der Waals surface area contributed by atoms with E-state index < -0.39 is 6.04 Å². The van der Waals surface area contributed by atoms with Crippen molar-refractivity contribution in [3.05, 3.63) is 12.2 Å². The molecule has 0 rings (SSSR count). The third kappa shape index (κ3) is 3.18. The van der Waals surface area contributed by atoms with E-state index >= 15 is 0 Å². The third-order valence-corrected chi connectivity index (χ3v) is 1.37. The molecule has 0 aromatic heterocycles. The summed E-state index contributed by atoms with van der Waals surface area (Å²) in [5.74, 6) is -0.518. The van der Waals surface area contributed by atoms with E-state index in [1.165, 1.54) is 7.05 Å². The summed E-state index contributed by atoms with van der Waals surface area (Å²) in [6.07, 6.45) is 0. The third-order valence-electron chi connectivity index (χ3n) is 1.37. The summed E-state index contributed by atoms with van der Waals surface area (Å²) in [5, 5.41) is 4.91. The van der Waals surface area contributed by atoms with Crippen LogP contribution in [0.5, 0.6) is 0 Å². The Morgan fingerprint density at radius 3 is 2.25 bits per heavy atom. The van der Waals surface area contributed by atoms with Crippen LogP contribution in [0.2, 0.25) is 0 Å². The van der Waals surface area contributed by atoms with Crippen molar-refractivity contribution in [2.45, 2.75) is 19.9 Å². The van der Waals surface area contributed by atoms with Crippen molar-refractivity contribution in [2.24, 2.45) is 0 Å². The van der Waals surface area contributed by atoms with Gasteiger partial charge >= 0.3 is 0 Å². The largest absolute Gasteiger partial charge is 0.357 e. The van der Waals surface area contributed by atoms with Gasteiger partial charge in [0.1, 0.15) is 6.04 Å². The number of hydrogen-bond donors (Lipinski definition) is 2. The molecule has 0 aromatic carbocycles. The second kappa shape index (κ2) is 4.54. The van der Waals surface area contributed by atoms with Gasteiger partial charge in [0.15, 0.2) is 0 Å². The topological polar surface area (TPSA) is 58.2 Å². The Labute approximate surface area is 72.0 Å². The second-order valence-electron chi connectivity index (χ2n) is 2.59. The minimum absolute atomic E-state index is 0.218. The lowest BCUT2D eigenvalue weighted by Gasteiger charge is -2.11. The minimum atomic E-state index is -0.515. The van der Waals surface area contributed by atoms with Crippen molar-refractivity contribution < 1.29 is 9.59 Å². The van der Waals surface area contributed by atoms with E-state index in [9.17, 15) is 9.59 Å². The van der Waals surface area contributed by atoms with E-state index in [4.69, 9.17) is 0 Å². The second-order valence-corrected chi connectivity index (χ2v) is 2.59. The van der Waals surface area contributed by atoms with Crippen molar-refractivity contribution >= 4 is 11.8 Å². The van der Waals surface area contributed by atoms with Crippen LogP contribution in [0.3, 0.4) is 0 Å². The molecular formula is C8H14N2O2. The van der Waals surface area contributed by atoms with E-state index in [-0.39, 0.29) is 11.8 Å². The molecule has 2 amide bonds. The molecule has 2 N–H and O–H groups in total. The van der Waals surface area contributed by atoms with E-state index in [0.717, 1.165) is 0 Å². The van der Waals surface area contributed by atoms with Crippen LogP contribution in [0.1, 0.15) is 13.8 Å². The molecule has 0 aliphatic heterocycles. The molecule has 0 spiro atoms. The Balaban J connectivity index is 4.01. The van der Waals surface area contributed by atoms with Crippen LogP contribution in [0.4, 0.5) is 0 Å². The van der Waals surface area contributed by atoms with Crippen molar-refractivity contribution in [3.63, 3.8) is 0 Å². The molecule has 0 heterocycles. The average molecular weight is 170 g/mol. The van der Waals surface area contributed by atoms with Crippen molar-refractivity contribution in [1.82, 2.24) is 10.6 Å². The first-order chi connectivity index (χ1) is 5.49. The van der Waals surface area contributed by atoms with Gasteiger partial charge in [-0.15, -0.1) is 0 Å². The van der Waals surface area contributed by atoms with Crippen molar-refractivity contribution in [3.8, 4) is 0 Å². The molecule has 0 radical (unpaired) electrons. The molecule has 0 bridgehead atoms. The predicted octanol–water partition coefficient (Wildman–Crippen LogP) is -0.187. The summed E-state index contributed by atoms with van der Waals surface area (Å²) in [6.45, 7) is 6.65. The first-order valence-corrected chi connectivity index (χ1v) is 3.67. The number of rotatable bonds is 3. The maximum absolute atomic E-state index is 11.0. The molecular weight excluding hydrogens is 156 g/mol. The molecule has 0 aromatic rings. The number of carbonyl (C=O) groups is 2. The first kappa shape index (κ1) is 10.7. The summed E-state index contributed by atoms with van der Waals surface area (Å²) in [5.41, 5.74) is 0.394. The highest BCUT2D eigenvalue weighted by atomic mass is 16.2. The van der Waals surface area contributed by atoms with Gasteiger partial charge in [0.25, 0.3) is 0 Å². The van der Waals surface area contributed by atoms with Crippen LogP contribution < -0.4 is 10.6 Å². The number of nitrogens with one attached hydrogen (secondary N) is 2. The lowest BCUT2D eigenvalue weighted by molar-refractivity contribution is -0.126. The van der Waals surface area contributed by atoms with Gasteiger partial charge in [0.05, 0.1) is 0 Å². The molecule has 1 atom stereocenters. The highest BCUT2D eigenvalue weighted by molar-refractivity contribution is 5.95. The fourth-order valence-electron chi connectivity index (χ4n) is 0.602. The molecule has 0 saturated carbocycles. The van der Waals surface area contributed by atoms with Crippen molar-refractivity contribution in [2.75, 3.05) is 7.05 Å². The molecule has 4 heteroatoms. The quantitative estimate of drug-likeness (QED) is 0.577. The zero-order chi connectivity index (χ0) is 9.72. The van der Waals surface area contributed by atoms with Gasteiger partial charge in [-0.3, -0.25) is 9.59 Å². The highest BCUT2D eigenvalue weighted by Crippen LogP contribution is 1.88.